The number of nitrogens with zero attached hydrogens (tertiary/aromatic N) is 1. The number of hydrogen-bond acceptors (Lipinski definition) is 9. The van der Waals surface area contributed by atoms with Gasteiger partial charge < -0.3 is 42.2 Å². The number of aromatic amines is 1. The van der Waals surface area contributed by atoms with Crippen molar-refractivity contribution >= 4 is 17.9 Å². The number of rotatable bonds is 9. The van der Waals surface area contributed by atoms with Gasteiger partial charge >= 0.3 is 17.7 Å². The topological polar surface area (TPSA) is 252 Å². The Morgan fingerprint density at radius 2 is 1.94 bits per heavy atom. The molecule has 1 fully saturated rings. The summed E-state index contributed by atoms with van der Waals surface area (Å²) in [5, 5.41) is 34.4. The van der Waals surface area contributed by atoms with Crippen LogP contribution in [0.3, 0.4) is 0 Å². The molecule has 15 heteroatoms. The smallest absolute Gasteiger partial charge is 0.330 e. The number of nitrogens with two attached hydrogens (primary N) is 2. The minimum absolute atomic E-state index is 0.0878. The van der Waals surface area contributed by atoms with E-state index in [0.717, 1.165) is 16.8 Å². The molecular formula is C16H24N6O9. The number of aliphatic hydroxyl groups excluding tert-OH is 2. The summed E-state index contributed by atoms with van der Waals surface area (Å²) in [5.74, 6) is -2.46. The first-order valence-corrected chi connectivity index (χ1v) is 9.18. The van der Waals surface area contributed by atoms with Gasteiger partial charge in [0.15, 0.2) is 12.3 Å². The minimum atomic E-state index is -1.81. The average molecular weight is 444 g/mol. The molecule has 6 atom stereocenters. The number of aliphatic carboxylic acids is 1. The number of urea groups is 1. The summed E-state index contributed by atoms with van der Waals surface area (Å²) in [5.41, 5.74) is 8.97. The number of hydrogen-bond donors (Lipinski definition) is 8. The van der Waals surface area contributed by atoms with Crippen LogP contribution in [0.1, 0.15) is 19.1 Å². The molecule has 31 heavy (non-hydrogen) atoms. The summed E-state index contributed by atoms with van der Waals surface area (Å²) >= 11 is 0. The highest BCUT2D eigenvalue weighted by Gasteiger charge is 2.50. The second-order valence-electron chi connectivity index (χ2n) is 6.85. The number of primary amides is 1. The first kappa shape index (κ1) is 24.0. The molecule has 2 heterocycles. The normalized spacial score (nSPS) is 24.9. The van der Waals surface area contributed by atoms with Crippen LogP contribution in [0, 0.1) is 0 Å². The van der Waals surface area contributed by atoms with Crippen molar-refractivity contribution < 1.29 is 34.4 Å². The molecular weight excluding hydrogens is 420 g/mol. The number of aliphatic hydroxyl groups is 2. The van der Waals surface area contributed by atoms with E-state index in [1.807, 2.05) is 4.98 Å². The maximum absolute atomic E-state index is 12.3. The molecule has 0 unspecified atom stereocenters. The first-order chi connectivity index (χ1) is 14.5. The van der Waals surface area contributed by atoms with Crippen LogP contribution in [0.5, 0.6) is 0 Å². The van der Waals surface area contributed by atoms with Crippen LogP contribution >= 0.6 is 0 Å². The molecule has 0 bridgehead atoms. The highest BCUT2D eigenvalue weighted by atomic mass is 16.6. The summed E-state index contributed by atoms with van der Waals surface area (Å²) in [6.07, 6.45) is -5.30. The lowest BCUT2D eigenvalue weighted by molar-refractivity contribution is -0.149. The monoisotopic (exact) mass is 444 g/mol. The van der Waals surface area contributed by atoms with Crippen molar-refractivity contribution in [2.45, 2.75) is 49.5 Å². The molecule has 3 amide bonds. The fourth-order valence-corrected chi connectivity index (χ4v) is 3.03. The van der Waals surface area contributed by atoms with Gasteiger partial charge in [0, 0.05) is 18.8 Å². The van der Waals surface area contributed by atoms with E-state index in [-0.39, 0.29) is 19.4 Å². The van der Waals surface area contributed by atoms with Crippen LogP contribution < -0.4 is 33.3 Å². The molecule has 0 radical (unpaired) electrons. The molecule has 15 nitrogen and oxygen atoms in total. The van der Waals surface area contributed by atoms with Crippen molar-refractivity contribution in [3.8, 4) is 0 Å². The lowest BCUT2D eigenvalue weighted by atomic mass is 10.0. The summed E-state index contributed by atoms with van der Waals surface area (Å²) in [4.78, 5) is 59.6. The van der Waals surface area contributed by atoms with E-state index >= 15 is 0 Å². The van der Waals surface area contributed by atoms with Crippen LogP contribution in [0.4, 0.5) is 4.79 Å². The Morgan fingerprint density at radius 1 is 1.26 bits per heavy atom. The molecule has 0 saturated carbocycles. The first-order valence-electron chi connectivity index (χ1n) is 9.18. The van der Waals surface area contributed by atoms with Gasteiger partial charge in [-0.15, -0.1) is 0 Å². The minimum Gasteiger partial charge on any atom is -0.480 e. The second kappa shape index (κ2) is 10.2. The van der Waals surface area contributed by atoms with Crippen molar-refractivity contribution in [1.82, 2.24) is 20.2 Å². The number of carbonyl (C=O) groups excluding carboxylic acids is 2. The van der Waals surface area contributed by atoms with Gasteiger partial charge in [-0.1, -0.05) is 0 Å². The molecule has 1 aromatic rings. The number of aromatic nitrogens is 2. The molecule has 1 aromatic heterocycles. The Balaban J connectivity index is 2.09. The zero-order chi connectivity index (χ0) is 23.3. The van der Waals surface area contributed by atoms with Crippen molar-refractivity contribution in [2.75, 3.05) is 6.54 Å². The van der Waals surface area contributed by atoms with Crippen LogP contribution in [-0.2, 0) is 14.3 Å². The van der Waals surface area contributed by atoms with E-state index in [1.165, 1.54) is 0 Å². The van der Waals surface area contributed by atoms with Gasteiger partial charge in [-0.2, -0.15) is 0 Å². The second-order valence-corrected chi connectivity index (χ2v) is 6.85. The Labute approximate surface area is 174 Å². The van der Waals surface area contributed by atoms with E-state index in [9.17, 15) is 39.3 Å². The SMILES string of the molecule is NC(=O)NCCC[C@H](N)C(=O)N[C@H](C(=O)O)[C@H]1O[C@@H](n2ccc(=O)[nH]c2=O)[C@H](O)[C@@H]1O. The number of nitrogens with one attached hydrogen (secondary N) is 3. The molecule has 0 spiro atoms. The van der Waals surface area contributed by atoms with Gasteiger partial charge in [0.2, 0.25) is 5.91 Å². The summed E-state index contributed by atoms with van der Waals surface area (Å²) in [6.45, 7) is 0.158. The number of carboxylic acid groups (broad SMARTS) is 1. The fourth-order valence-electron chi connectivity index (χ4n) is 3.03. The third-order valence-corrected chi connectivity index (χ3v) is 4.62. The van der Waals surface area contributed by atoms with Crippen LogP contribution in [0.15, 0.2) is 21.9 Å². The average Bonchev–Trinajstić information content (AvgIpc) is 2.97. The molecule has 1 aliphatic heterocycles. The molecule has 0 aliphatic carbocycles. The van der Waals surface area contributed by atoms with Crippen LogP contribution in [-0.4, -0.2) is 79.7 Å². The maximum Gasteiger partial charge on any atom is 0.330 e. The van der Waals surface area contributed by atoms with Gasteiger partial charge in [-0.05, 0) is 12.8 Å². The zero-order valence-electron chi connectivity index (χ0n) is 16.1. The highest BCUT2D eigenvalue weighted by molar-refractivity contribution is 5.87. The Morgan fingerprint density at radius 3 is 2.52 bits per heavy atom. The fraction of sp³-hybridized carbons (Fsp3) is 0.562. The molecule has 172 valence electrons. The summed E-state index contributed by atoms with van der Waals surface area (Å²) in [6, 6.07) is -2.72. The van der Waals surface area contributed by atoms with Gasteiger partial charge in [-0.3, -0.25) is 19.1 Å². The molecule has 1 saturated heterocycles. The third-order valence-electron chi connectivity index (χ3n) is 4.62. The standard InChI is InChI=1S/C16H24N6O9/c17-6(2-1-4-19-15(18)29)12(26)21-8(14(27)28)11-9(24)10(25)13(31-11)22-5-3-7(23)20-16(22)30/h3,5-6,8-11,13,24-25H,1-2,4,17H2,(H,21,26)(H,27,28)(H3,18,19,29)(H,20,23,30)/t6-,8-,9-,10+,11+,13+/m0/s1. The van der Waals surface area contributed by atoms with E-state index in [0.29, 0.717) is 0 Å². The summed E-state index contributed by atoms with van der Waals surface area (Å²) in [7, 11) is 0. The van der Waals surface area contributed by atoms with Crippen molar-refractivity contribution in [3.63, 3.8) is 0 Å². The van der Waals surface area contributed by atoms with E-state index in [1.54, 1.807) is 0 Å². The van der Waals surface area contributed by atoms with Crippen molar-refractivity contribution in [1.29, 1.82) is 0 Å². The summed E-state index contributed by atoms with van der Waals surface area (Å²) < 4.78 is 6.14. The zero-order valence-corrected chi connectivity index (χ0v) is 16.1. The van der Waals surface area contributed by atoms with E-state index in [4.69, 9.17) is 16.2 Å². The quantitative estimate of drug-likeness (QED) is 0.169. The van der Waals surface area contributed by atoms with E-state index < -0.39 is 65.8 Å². The predicted octanol–water partition coefficient (Wildman–Crippen LogP) is -4.50. The number of ether oxygens (including phenoxy) is 1. The molecule has 10 N–H and O–H groups in total. The lowest BCUT2D eigenvalue weighted by Crippen LogP contribution is -2.56. The molecule has 0 aromatic carbocycles. The maximum atomic E-state index is 12.3. The Hall–Kier alpha value is -3.27. The third kappa shape index (κ3) is 5.88. The van der Waals surface area contributed by atoms with Crippen molar-refractivity contribution in [3.05, 3.63) is 33.1 Å². The predicted molar refractivity (Wildman–Crippen MR) is 102 cm³/mol. The Bertz CT molecular complexity index is 931. The van der Waals surface area contributed by atoms with Gasteiger partial charge in [0.25, 0.3) is 5.56 Å². The number of carboxylic acids is 1. The highest BCUT2D eigenvalue weighted by Crippen LogP contribution is 2.30. The van der Waals surface area contributed by atoms with Crippen molar-refractivity contribution in [2.24, 2.45) is 11.5 Å². The van der Waals surface area contributed by atoms with Crippen LogP contribution in [0.25, 0.3) is 0 Å². The Kier molecular flexibility index (Phi) is 7.87. The number of carbonyl (C=O) groups is 3. The van der Waals surface area contributed by atoms with Crippen LogP contribution in [0.2, 0.25) is 0 Å². The molecule has 1 aliphatic rings. The van der Waals surface area contributed by atoms with Gasteiger partial charge in [0.1, 0.15) is 18.3 Å². The van der Waals surface area contributed by atoms with Gasteiger partial charge in [-0.25, -0.2) is 14.4 Å². The van der Waals surface area contributed by atoms with E-state index in [2.05, 4.69) is 10.6 Å². The largest absolute Gasteiger partial charge is 0.480 e. The number of H-pyrrole nitrogens is 1. The lowest BCUT2D eigenvalue weighted by Gasteiger charge is -2.24. The molecule has 2 rings (SSSR count). The van der Waals surface area contributed by atoms with Gasteiger partial charge in [0.05, 0.1) is 6.04 Å². The number of amides is 3.